The second kappa shape index (κ2) is 3.35. The molecular formula is C10H20N2. The van der Waals surface area contributed by atoms with Crippen LogP contribution >= 0.6 is 0 Å². The third-order valence-corrected chi connectivity index (χ3v) is 3.46. The minimum Gasteiger partial charge on any atom is -0.318 e. The highest BCUT2D eigenvalue weighted by molar-refractivity contribution is 4.97. The van der Waals surface area contributed by atoms with E-state index < -0.39 is 0 Å². The molecule has 70 valence electrons. The van der Waals surface area contributed by atoms with Crippen LogP contribution in [0.4, 0.5) is 0 Å². The molecule has 0 bridgehead atoms. The summed E-state index contributed by atoms with van der Waals surface area (Å²) in [6, 6.07) is 0. The van der Waals surface area contributed by atoms with Crippen molar-refractivity contribution in [1.29, 1.82) is 0 Å². The number of hydrogen-bond donors (Lipinski definition) is 1. The van der Waals surface area contributed by atoms with E-state index in [-0.39, 0.29) is 0 Å². The van der Waals surface area contributed by atoms with Crippen LogP contribution in [0.25, 0.3) is 0 Å². The molecule has 0 aromatic heterocycles. The Labute approximate surface area is 75.3 Å². The smallest absolute Gasteiger partial charge is 0.0107 e. The van der Waals surface area contributed by atoms with Crippen LogP contribution in [-0.2, 0) is 0 Å². The van der Waals surface area contributed by atoms with Gasteiger partial charge in [0.2, 0.25) is 0 Å². The highest BCUT2D eigenvalue weighted by atomic mass is 15.2. The summed E-state index contributed by atoms with van der Waals surface area (Å²) in [5, 5.41) is 3.20. The molecular weight excluding hydrogens is 148 g/mol. The number of rotatable bonds is 3. The summed E-state index contributed by atoms with van der Waals surface area (Å²) in [6.07, 6.45) is 5.98. The third-order valence-electron chi connectivity index (χ3n) is 3.46. The molecule has 1 saturated carbocycles. The number of nitrogens with one attached hydrogen (secondary N) is 1. The Morgan fingerprint density at radius 1 is 1.25 bits per heavy atom. The van der Waals surface area contributed by atoms with Crippen molar-refractivity contribution in [3.05, 3.63) is 0 Å². The Hall–Kier alpha value is -0.0800. The monoisotopic (exact) mass is 168 g/mol. The molecule has 0 atom stereocenters. The fourth-order valence-corrected chi connectivity index (χ4v) is 2.77. The predicted molar refractivity (Wildman–Crippen MR) is 51.3 cm³/mol. The van der Waals surface area contributed by atoms with E-state index in [9.17, 15) is 0 Å². The fraction of sp³-hybridized carbons (Fsp3) is 1.00. The number of hydrogen-bond acceptors (Lipinski definition) is 2. The van der Waals surface area contributed by atoms with Crippen molar-refractivity contribution < 1.29 is 0 Å². The van der Waals surface area contributed by atoms with E-state index >= 15 is 0 Å². The van der Waals surface area contributed by atoms with Gasteiger partial charge < -0.3 is 10.2 Å². The molecule has 2 rings (SSSR count). The van der Waals surface area contributed by atoms with Gasteiger partial charge in [-0.1, -0.05) is 12.8 Å². The molecule has 1 spiro atoms. The first-order valence-corrected chi connectivity index (χ1v) is 5.22. The highest BCUT2D eigenvalue weighted by Gasteiger charge is 2.43. The molecule has 0 aromatic carbocycles. The van der Waals surface area contributed by atoms with Gasteiger partial charge in [0, 0.05) is 26.2 Å². The second-order valence-corrected chi connectivity index (χ2v) is 4.52. The molecule has 1 aliphatic heterocycles. The van der Waals surface area contributed by atoms with Crippen LogP contribution < -0.4 is 5.32 Å². The van der Waals surface area contributed by atoms with Crippen LogP contribution in [0.15, 0.2) is 0 Å². The van der Waals surface area contributed by atoms with E-state index in [2.05, 4.69) is 10.2 Å². The van der Waals surface area contributed by atoms with Crippen molar-refractivity contribution in [2.75, 3.05) is 33.2 Å². The van der Waals surface area contributed by atoms with Crippen LogP contribution in [0.2, 0.25) is 0 Å². The molecule has 2 heteroatoms. The molecule has 2 fully saturated rings. The van der Waals surface area contributed by atoms with Crippen LogP contribution in [0.3, 0.4) is 0 Å². The Balaban J connectivity index is 1.68. The van der Waals surface area contributed by atoms with Crippen LogP contribution in [0.5, 0.6) is 0 Å². The first kappa shape index (κ1) is 8.52. The molecule has 1 heterocycles. The average Bonchev–Trinajstić information content (AvgIpc) is 2.46. The van der Waals surface area contributed by atoms with Gasteiger partial charge in [0.15, 0.2) is 0 Å². The fourth-order valence-electron chi connectivity index (χ4n) is 2.77. The summed E-state index contributed by atoms with van der Waals surface area (Å²) in [6.45, 7) is 5.16. The van der Waals surface area contributed by atoms with Gasteiger partial charge in [0.25, 0.3) is 0 Å². The van der Waals surface area contributed by atoms with Gasteiger partial charge in [0.1, 0.15) is 0 Å². The van der Waals surface area contributed by atoms with Crippen molar-refractivity contribution in [3.63, 3.8) is 0 Å². The molecule has 0 aromatic rings. The SMILES string of the molecule is CNCCN1CC2(CCCC2)C1. The summed E-state index contributed by atoms with van der Waals surface area (Å²) in [5.74, 6) is 0. The lowest BCUT2D eigenvalue weighted by Crippen LogP contribution is -2.56. The van der Waals surface area contributed by atoms with Crippen molar-refractivity contribution in [3.8, 4) is 0 Å². The number of likely N-dealkylation sites (N-methyl/N-ethyl adjacent to an activating group) is 1. The van der Waals surface area contributed by atoms with Gasteiger partial charge in [-0.05, 0) is 25.3 Å². The molecule has 1 aliphatic carbocycles. The molecule has 2 aliphatic rings. The van der Waals surface area contributed by atoms with Crippen LogP contribution in [-0.4, -0.2) is 38.1 Å². The van der Waals surface area contributed by atoms with Gasteiger partial charge in [-0.15, -0.1) is 0 Å². The van der Waals surface area contributed by atoms with Crippen molar-refractivity contribution in [2.24, 2.45) is 5.41 Å². The molecule has 1 saturated heterocycles. The lowest BCUT2D eigenvalue weighted by atomic mass is 9.78. The summed E-state index contributed by atoms with van der Waals surface area (Å²) in [7, 11) is 2.03. The summed E-state index contributed by atoms with van der Waals surface area (Å²) in [5.41, 5.74) is 0.785. The van der Waals surface area contributed by atoms with Crippen LogP contribution in [0.1, 0.15) is 25.7 Å². The van der Waals surface area contributed by atoms with E-state index in [0.717, 1.165) is 12.0 Å². The van der Waals surface area contributed by atoms with E-state index in [1.54, 1.807) is 0 Å². The Kier molecular flexibility index (Phi) is 2.37. The first-order valence-electron chi connectivity index (χ1n) is 5.22. The van der Waals surface area contributed by atoms with E-state index in [0.29, 0.717) is 0 Å². The minimum atomic E-state index is 0.785. The molecule has 12 heavy (non-hydrogen) atoms. The maximum atomic E-state index is 3.20. The van der Waals surface area contributed by atoms with Crippen molar-refractivity contribution >= 4 is 0 Å². The molecule has 0 radical (unpaired) electrons. The van der Waals surface area contributed by atoms with Gasteiger partial charge in [-0.25, -0.2) is 0 Å². The summed E-state index contributed by atoms with van der Waals surface area (Å²) >= 11 is 0. The number of nitrogens with zero attached hydrogens (tertiary/aromatic N) is 1. The zero-order valence-electron chi connectivity index (χ0n) is 8.10. The molecule has 1 N–H and O–H groups in total. The number of likely N-dealkylation sites (tertiary alicyclic amines) is 1. The summed E-state index contributed by atoms with van der Waals surface area (Å²) < 4.78 is 0. The highest BCUT2D eigenvalue weighted by Crippen LogP contribution is 2.44. The largest absolute Gasteiger partial charge is 0.318 e. The van der Waals surface area contributed by atoms with Gasteiger partial charge in [0.05, 0.1) is 0 Å². The Bertz CT molecular complexity index is 142. The predicted octanol–water partition coefficient (Wildman–Crippen LogP) is 1.08. The minimum absolute atomic E-state index is 0.785. The third kappa shape index (κ3) is 1.50. The van der Waals surface area contributed by atoms with E-state index in [1.165, 1.54) is 45.3 Å². The summed E-state index contributed by atoms with van der Waals surface area (Å²) in [4.78, 5) is 2.59. The van der Waals surface area contributed by atoms with Gasteiger partial charge in [-0.2, -0.15) is 0 Å². The van der Waals surface area contributed by atoms with Crippen LogP contribution in [0, 0.1) is 5.41 Å². The van der Waals surface area contributed by atoms with E-state index in [1.807, 2.05) is 7.05 Å². The Morgan fingerprint density at radius 2 is 1.92 bits per heavy atom. The maximum absolute atomic E-state index is 3.20. The lowest BCUT2D eigenvalue weighted by Gasteiger charge is -2.48. The van der Waals surface area contributed by atoms with Gasteiger partial charge in [-0.3, -0.25) is 0 Å². The molecule has 2 nitrogen and oxygen atoms in total. The average molecular weight is 168 g/mol. The maximum Gasteiger partial charge on any atom is 0.0107 e. The standard InChI is InChI=1S/C10H20N2/c1-11-6-7-12-8-10(9-12)4-2-3-5-10/h11H,2-9H2,1H3. The van der Waals surface area contributed by atoms with Crippen molar-refractivity contribution in [1.82, 2.24) is 10.2 Å². The topological polar surface area (TPSA) is 15.3 Å². The zero-order valence-corrected chi connectivity index (χ0v) is 8.10. The lowest BCUT2D eigenvalue weighted by molar-refractivity contribution is 0.00774. The molecule has 0 amide bonds. The van der Waals surface area contributed by atoms with Gasteiger partial charge >= 0.3 is 0 Å². The normalized spacial score (nSPS) is 27.8. The Morgan fingerprint density at radius 3 is 2.50 bits per heavy atom. The zero-order chi connectivity index (χ0) is 8.44. The van der Waals surface area contributed by atoms with Crippen molar-refractivity contribution in [2.45, 2.75) is 25.7 Å². The second-order valence-electron chi connectivity index (χ2n) is 4.52. The first-order chi connectivity index (χ1) is 5.85. The molecule has 0 unspecified atom stereocenters. The quantitative estimate of drug-likeness (QED) is 0.678. The van der Waals surface area contributed by atoms with E-state index in [4.69, 9.17) is 0 Å².